The summed E-state index contributed by atoms with van der Waals surface area (Å²) in [6.45, 7) is -3.02. The summed E-state index contributed by atoms with van der Waals surface area (Å²) in [6.07, 6.45) is 1.89. The molecular weight excluding hydrogens is 277 g/mol. The molecule has 0 bridgehead atoms. The zero-order valence-corrected chi connectivity index (χ0v) is 9.67. The molecule has 0 radical (unpaired) electrons. The first kappa shape index (κ1) is 13.7. The Morgan fingerprint density at radius 2 is 2.06 bits per heavy atom. The minimum atomic E-state index is -3.02. The predicted octanol–water partition coefficient (Wildman–Crippen LogP) is 3.69. The SMILES string of the molecule is O=C(O)/C=C/c1c(Cl)ccc(OC(F)F)c1Cl. The van der Waals surface area contributed by atoms with Crippen LogP contribution in [0.4, 0.5) is 8.78 Å². The number of hydrogen-bond donors (Lipinski definition) is 1. The number of carbonyl (C=O) groups is 1. The van der Waals surface area contributed by atoms with Crippen molar-refractivity contribution in [1.82, 2.24) is 0 Å². The molecular formula is C10H6Cl2F2O3. The lowest BCUT2D eigenvalue weighted by molar-refractivity contribution is -0.131. The van der Waals surface area contributed by atoms with Crippen LogP contribution in [-0.2, 0) is 4.79 Å². The normalized spacial score (nSPS) is 11.1. The first-order chi connectivity index (χ1) is 7.91. The van der Waals surface area contributed by atoms with Crippen LogP contribution in [0, 0.1) is 0 Å². The van der Waals surface area contributed by atoms with E-state index in [0.29, 0.717) is 0 Å². The highest BCUT2D eigenvalue weighted by Gasteiger charge is 2.13. The number of carboxylic acid groups (broad SMARTS) is 1. The Kier molecular flexibility index (Phi) is 4.72. The van der Waals surface area contributed by atoms with Gasteiger partial charge in [-0.3, -0.25) is 0 Å². The lowest BCUT2D eigenvalue weighted by Crippen LogP contribution is -2.02. The van der Waals surface area contributed by atoms with E-state index in [2.05, 4.69) is 4.74 Å². The molecule has 0 saturated carbocycles. The Morgan fingerprint density at radius 3 is 2.59 bits per heavy atom. The van der Waals surface area contributed by atoms with E-state index in [1.807, 2.05) is 0 Å². The molecule has 1 aromatic rings. The largest absolute Gasteiger partial charge is 0.478 e. The van der Waals surface area contributed by atoms with E-state index in [0.717, 1.165) is 12.2 Å². The molecule has 0 aliphatic carbocycles. The van der Waals surface area contributed by atoms with E-state index >= 15 is 0 Å². The summed E-state index contributed by atoms with van der Waals surface area (Å²) in [5.74, 6) is -1.48. The van der Waals surface area contributed by atoms with Crippen LogP contribution >= 0.6 is 23.2 Å². The highest BCUT2D eigenvalue weighted by molar-refractivity contribution is 6.38. The molecule has 0 spiro atoms. The third-order valence-corrected chi connectivity index (χ3v) is 2.42. The lowest BCUT2D eigenvalue weighted by Gasteiger charge is -2.09. The van der Waals surface area contributed by atoms with Crippen LogP contribution in [0.2, 0.25) is 10.0 Å². The van der Waals surface area contributed by atoms with Crippen molar-refractivity contribution < 1.29 is 23.4 Å². The Balaban J connectivity index is 3.15. The Labute approximate surface area is 105 Å². The van der Waals surface area contributed by atoms with Crippen LogP contribution in [0.5, 0.6) is 5.75 Å². The van der Waals surface area contributed by atoms with E-state index in [9.17, 15) is 13.6 Å². The Bertz CT molecular complexity index is 461. The van der Waals surface area contributed by atoms with Gasteiger partial charge in [0.2, 0.25) is 0 Å². The monoisotopic (exact) mass is 282 g/mol. The average molecular weight is 283 g/mol. The van der Waals surface area contributed by atoms with Gasteiger partial charge < -0.3 is 9.84 Å². The van der Waals surface area contributed by atoms with E-state index in [-0.39, 0.29) is 21.4 Å². The number of aliphatic carboxylic acids is 1. The molecule has 0 atom stereocenters. The van der Waals surface area contributed by atoms with Gasteiger partial charge in [0.25, 0.3) is 0 Å². The van der Waals surface area contributed by atoms with Gasteiger partial charge in [-0.1, -0.05) is 23.2 Å². The highest BCUT2D eigenvalue weighted by atomic mass is 35.5. The molecule has 0 unspecified atom stereocenters. The van der Waals surface area contributed by atoms with Crippen molar-refractivity contribution in [3.63, 3.8) is 0 Å². The third kappa shape index (κ3) is 3.87. The van der Waals surface area contributed by atoms with Gasteiger partial charge in [0.05, 0.1) is 5.02 Å². The number of alkyl halides is 2. The van der Waals surface area contributed by atoms with Gasteiger partial charge in [-0.15, -0.1) is 0 Å². The van der Waals surface area contributed by atoms with Crippen molar-refractivity contribution in [2.75, 3.05) is 0 Å². The fourth-order valence-corrected chi connectivity index (χ4v) is 1.58. The third-order valence-electron chi connectivity index (χ3n) is 1.70. The van der Waals surface area contributed by atoms with Gasteiger partial charge in [-0.2, -0.15) is 8.78 Å². The van der Waals surface area contributed by atoms with E-state index < -0.39 is 12.6 Å². The molecule has 92 valence electrons. The maximum atomic E-state index is 12.0. The number of carboxylic acids is 1. The van der Waals surface area contributed by atoms with Gasteiger partial charge in [0.15, 0.2) is 0 Å². The minimum absolute atomic E-state index is 0.105. The summed E-state index contributed by atoms with van der Waals surface area (Å²) in [5.41, 5.74) is 0.105. The van der Waals surface area contributed by atoms with Crippen molar-refractivity contribution in [2.45, 2.75) is 6.61 Å². The fourth-order valence-electron chi connectivity index (χ4n) is 1.04. The summed E-state index contributed by atoms with van der Waals surface area (Å²) < 4.78 is 28.2. The maximum absolute atomic E-state index is 12.0. The second-order valence-electron chi connectivity index (χ2n) is 2.82. The predicted molar refractivity (Wildman–Crippen MR) is 59.8 cm³/mol. The van der Waals surface area contributed by atoms with E-state index in [1.165, 1.54) is 12.1 Å². The van der Waals surface area contributed by atoms with Crippen molar-refractivity contribution >= 4 is 35.2 Å². The summed E-state index contributed by atoms with van der Waals surface area (Å²) in [6, 6.07) is 2.46. The second-order valence-corrected chi connectivity index (χ2v) is 3.61. The summed E-state index contributed by atoms with van der Waals surface area (Å²) in [5, 5.41) is 8.41. The summed E-state index contributed by atoms with van der Waals surface area (Å²) in [4.78, 5) is 10.3. The quantitative estimate of drug-likeness (QED) is 0.857. The second kappa shape index (κ2) is 5.84. The Morgan fingerprint density at radius 1 is 1.41 bits per heavy atom. The van der Waals surface area contributed by atoms with Crippen molar-refractivity contribution in [2.24, 2.45) is 0 Å². The standard InChI is InChI=1S/C10H6Cl2F2O3/c11-6-2-3-7(17-10(13)14)9(12)5(6)1-4-8(15)16/h1-4,10H,(H,15,16)/b4-1+. The van der Waals surface area contributed by atoms with Crippen LogP contribution < -0.4 is 4.74 Å². The summed E-state index contributed by atoms with van der Waals surface area (Å²) in [7, 11) is 0. The van der Waals surface area contributed by atoms with Crippen molar-refractivity contribution in [3.05, 3.63) is 33.8 Å². The molecule has 0 heterocycles. The molecule has 0 saturated heterocycles. The van der Waals surface area contributed by atoms with Crippen molar-refractivity contribution in [1.29, 1.82) is 0 Å². The highest BCUT2D eigenvalue weighted by Crippen LogP contribution is 2.35. The van der Waals surface area contributed by atoms with Crippen LogP contribution in [-0.4, -0.2) is 17.7 Å². The molecule has 0 aliphatic rings. The van der Waals surface area contributed by atoms with E-state index in [4.69, 9.17) is 28.3 Å². The van der Waals surface area contributed by atoms with Crippen LogP contribution in [0.3, 0.4) is 0 Å². The average Bonchev–Trinajstić information content (AvgIpc) is 2.21. The zero-order chi connectivity index (χ0) is 13.0. The molecule has 1 aromatic carbocycles. The molecule has 0 amide bonds. The van der Waals surface area contributed by atoms with Crippen LogP contribution in [0.25, 0.3) is 6.08 Å². The summed E-state index contributed by atoms with van der Waals surface area (Å²) >= 11 is 11.5. The molecule has 1 N–H and O–H groups in total. The number of ether oxygens (including phenoxy) is 1. The smallest absolute Gasteiger partial charge is 0.387 e. The first-order valence-corrected chi connectivity index (χ1v) is 5.01. The fraction of sp³-hybridized carbons (Fsp3) is 0.100. The molecule has 0 aromatic heterocycles. The van der Waals surface area contributed by atoms with Gasteiger partial charge in [0, 0.05) is 16.7 Å². The molecule has 3 nitrogen and oxygen atoms in total. The minimum Gasteiger partial charge on any atom is -0.478 e. The van der Waals surface area contributed by atoms with Gasteiger partial charge in [0.1, 0.15) is 5.75 Å². The van der Waals surface area contributed by atoms with Gasteiger partial charge in [-0.05, 0) is 18.2 Å². The first-order valence-electron chi connectivity index (χ1n) is 4.25. The van der Waals surface area contributed by atoms with Crippen LogP contribution in [0.1, 0.15) is 5.56 Å². The molecule has 0 aliphatic heterocycles. The number of rotatable bonds is 4. The Hall–Kier alpha value is -1.33. The van der Waals surface area contributed by atoms with E-state index in [1.54, 1.807) is 0 Å². The van der Waals surface area contributed by atoms with Gasteiger partial charge in [-0.25, -0.2) is 4.79 Å². The molecule has 17 heavy (non-hydrogen) atoms. The zero-order valence-electron chi connectivity index (χ0n) is 8.16. The molecule has 0 fully saturated rings. The van der Waals surface area contributed by atoms with Crippen LogP contribution in [0.15, 0.2) is 18.2 Å². The van der Waals surface area contributed by atoms with Gasteiger partial charge >= 0.3 is 12.6 Å². The maximum Gasteiger partial charge on any atom is 0.387 e. The molecule has 7 heteroatoms. The topological polar surface area (TPSA) is 46.5 Å². The number of benzene rings is 1. The van der Waals surface area contributed by atoms with Crippen molar-refractivity contribution in [3.8, 4) is 5.75 Å². The number of halogens is 4. The number of hydrogen-bond acceptors (Lipinski definition) is 2. The molecule has 1 rings (SSSR count). The lowest BCUT2D eigenvalue weighted by atomic mass is 10.2.